The summed E-state index contributed by atoms with van der Waals surface area (Å²) in [6, 6.07) is 1.68. The average Bonchev–Trinajstić information content (AvgIpc) is 2.43. The van der Waals surface area contributed by atoms with Gasteiger partial charge in [-0.15, -0.1) is 0 Å². The van der Waals surface area contributed by atoms with Crippen molar-refractivity contribution in [1.82, 2.24) is 0 Å². The van der Waals surface area contributed by atoms with Crippen molar-refractivity contribution < 1.29 is 49.2 Å². The zero-order valence-electron chi connectivity index (χ0n) is 14.3. The molecular formula is C13H22BLiO6. The van der Waals surface area contributed by atoms with Crippen LogP contribution >= 0.6 is 0 Å². The Hall–Kier alpha value is -0.998. The second-order valence-electron chi connectivity index (χ2n) is 4.18. The van der Waals surface area contributed by atoms with Gasteiger partial charge in [0.25, 0.3) is 0 Å². The fraction of sp³-hybridized carbons (Fsp3) is 0.538. The first-order valence-corrected chi connectivity index (χ1v) is 6.43. The molecule has 1 aromatic carbocycles. The molecule has 0 aromatic heterocycles. The Bertz CT molecular complexity index is 447. The number of benzene rings is 1. The predicted molar refractivity (Wildman–Crippen MR) is 76.6 cm³/mol. The summed E-state index contributed by atoms with van der Waals surface area (Å²) >= 11 is 0. The molecule has 114 valence electrons. The Balaban J connectivity index is 0. The number of rotatable bonds is 8. The summed E-state index contributed by atoms with van der Waals surface area (Å²) in [5, 5.41) is 18.0. The van der Waals surface area contributed by atoms with Crippen LogP contribution in [0.25, 0.3) is 0 Å². The molecule has 0 saturated carbocycles. The Morgan fingerprint density at radius 3 is 2.05 bits per heavy atom. The molecule has 1 aromatic rings. The summed E-state index contributed by atoms with van der Waals surface area (Å²) in [6.45, 7) is 2.09. The normalized spacial score (nSPS) is 9.62. The maximum absolute atomic E-state index is 8.99. The van der Waals surface area contributed by atoms with E-state index < -0.39 is 7.32 Å². The Kier molecular flexibility index (Phi) is 9.38. The zero-order valence-corrected chi connectivity index (χ0v) is 13.3. The first-order chi connectivity index (χ1) is 9.58. The SMILES string of the molecule is CCCCc1cc(OB(O)O)c(OC)c(OC)c1OC.[H-].[Li+]. The summed E-state index contributed by atoms with van der Waals surface area (Å²) in [7, 11) is 2.55. The molecule has 8 heteroatoms. The fourth-order valence-electron chi connectivity index (χ4n) is 2.01. The molecule has 0 atom stereocenters. The van der Waals surface area contributed by atoms with Crippen LogP contribution in [0.15, 0.2) is 6.07 Å². The Morgan fingerprint density at radius 1 is 1.05 bits per heavy atom. The number of unbranched alkanes of at least 4 members (excludes halogenated alkanes) is 1. The smallest absolute Gasteiger partial charge is 1.00 e. The molecule has 0 radical (unpaired) electrons. The minimum Gasteiger partial charge on any atom is -1.00 e. The number of hydrogen-bond acceptors (Lipinski definition) is 6. The first kappa shape index (κ1) is 20.0. The van der Waals surface area contributed by atoms with Gasteiger partial charge in [-0.25, -0.2) is 0 Å². The summed E-state index contributed by atoms with van der Waals surface area (Å²) in [5.41, 5.74) is 0.864. The van der Waals surface area contributed by atoms with E-state index in [-0.39, 0.29) is 31.8 Å². The summed E-state index contributed by atoms with van der Waals surface area (Å²) in [6.07, 6.45) is 2.75. The van der Waals surface area contributed by atoms with E-state index in [2.05, 4.69) is 6.92 Å². The van der Waals surface area contributed by atoms with Crippen molar-refractivity contribution in [1.29, 1.82) is 0 Å². The second kappa shape index (κ2) is 9.85. The van der Waals surface area contributed by atoms with Gasteiger partial charge >= 0.3 is 26.2 Å². The van der Waals surface area contributed by atoms with Crippen LogP contribution in [-0.2, 0) is 6.42 Å². The number of aryl methyl sites for hydroxylation is 1. The molecule has 0 spiro atoms. The minimum absolute atomic E-state index is 0. The van der Waals surface area contributed by atoms with E-state index >= 15 is 0 Å². The van der Waals surface area contributed by atoms with Gasteiger partial charge in [0.2, 0.25) is 11.5 Å². The predicted octanol–water partition coefficient (Wildman–Crippen LogP) is -1.48. The van der Waals surface area contributed by atoms with Gasteiger partial charge in [-0.3, -0.25) is 0 Å². The third kappa shape index (κ3) is 5.04. The van der Waals surface area contributed by atoms with E-state index in [0.717, 1.165) is 24.8 Å². The molecule has 0 saturated heterocycles. The van der Waals surface area contributed by atoms with Gasteiger partial charge in [0.05, 0.1) is 21.3 Å². The van der Waals surface area contributed by atoms with Crippen LogP contribution < -0.4 is 37.7 Å². The van der Waals surface area contributed by atoms with Crippen molar-refractivity contribution in [3.05, 3.63) is 11.6 Å². The number of methoxy groups -OCH3 is 3. The van der Waals surface area contributed by atoms with Crippen molar-refractivity contribution in [2.75, 3.05) is 21.3 Å². The fourth-order valence-corrected chi connectivity index (χ4v) is 2.01. The molecule has 0 aliphatic carbocycles. The van der Waals surface area contributed by atoms with Gasteiger partial charge in [0.1, 0.15) is 5.75 Å². The maximum atomic E-state index is 8.99. The van der Waals surface area contributed by atoms with E-state index in [4.69, 9.17) is 28.9 Å². The minimum atomic E-state index is -1.93. The molecule has 6 nitrogen and oxygen atoms in total. The zero-order chi connectivity index (χ0) is 15.1. The molecule has 0 unspecified atom stereocenters. The van der Waals surface area contributed by atoms with Gasteiger partial charge in [0.15, 0.2) is 5.75 Å². The van der Waals surface area contributed by atoms with E-state index in [1.54, 1.807) is 13.2 Å². The van der Waals surface area contributed by atoms with Crippen LogP contribution in [-0.4, -0.2) is 38.7 Å². The van der Waals surface area contributed by atoms with Gasteiger partial charge in [0, 0.05) is 5.56 Å². The van der Waals surface area contributed by atoms with Crippen LogP contribution in [0.5, 0.6) is 23.0 Å². The standard InChI is InChI=1S/C13H21BO6.Li.H/c1-5-6-7-9-8-10(20-14(15)16)12(18-3)13(19-4)11(9)17-2;;/h8,15-16H,5-7H2,1-4H3;;/q;+1;-1. The molecule has 1 rings (SSSR count). The summed E-state index contributed by atoms with van der Waals surface area (Å²) < 4.78 is 20.9. The molecular weight excluding hydrogens is 270 g/mol. The number of hydrogen-bond donors (Lipinski definition) is 2. The van der Waals surface area contributed by atoms with E-state index in [9.17, 15) is 0 Å². The van der Waals surface area contributed by atoms with Gasteiger partial charge in [-0.1, -0.05) is 13.3 Å². The van der Waals surface area contributed by atoms with Gasteiger partial charge in [-0.05, 0) is 18.9 Å². The molecule has 2 N–H and O–H groups in total. The van der Waals surface area contributed by atoms with E-state index in [1.165, 1.54) is 14.2 Å². The van der Waals surface area contributed by atoms with Crippen LogP contribution in [0.2, 0.25) is 0 Å². The van der Waals surface area contributed by atoms with Crippen molar-refractivity contribution in [2.45, 2.75) is 26.2 Å². The monoisotopic (exact) mass is 292 g/mol. The van der Waals surface area contributed by atoms with Crippen molar-refractivity contribution in [2.24, 2.45) is 0 Å². The topological polar surface area (TPSA) is 77.4 Å². The molecule has 0 aliphatic rings. The first-order valence-electron chi connectivity index (χ1n) is 6.43. The summed E-state index contributed by atoms with van der Waals surface area (Å²) in [5.74, 6) is 1.40. The van der Waals surface area contributed by atoms with Gasteiger partial charge in [-0.2, -0.15) is 0 Å². The van der Waals surface area contributed by atoms with Crippen LogP contribution in [0.3, 0.4) is 0 Å². The number of ether oxygens (including phenoxy) is 3. The average molecular weight is 292 g/mol. The second-order valence-corrected chi connectivity index (χ2v) is 4.18. The Morgan fingerprint density at radius 2 is 1.62 bits per heavy atom. The maximum Gasteiger partial charge on any atom is 1.00 e. The van der Waals surface area contributed by atoms with Crippen molar-refractivity contribution in [3.8, 4) is 23.0 Å². The van der Waals surface area contributed by atoms with Crippen molar-refractivity contribution in [3.63, 3.8) is 0 Å². The molecule has 0 fully saturated rings. The molecule has 0 bridgehead atoms. The van der Waals surface area contributed by atoms with Gasteiger partial charge < -0.3 is 30.3 Å². The largest absolute Gasteiger partial charge is 1.00 e. The quantitative estimate of drug-likeness (QED) is 0.569. The third-order valence-electron chi connectivity index (χ3n) is 2.88. The van der Waals surface area contributed by atoms with Crippen LogP contribution in [0, 0.1) is 0 Å². The third-order valence-corrected chi connectivity index (χ3v) is 2.88. The van der Waals surface area contributed by atoms with Crippen molar-refractivity contribution >= 4 is 7.32 Å². The molecule has 0 amide bonds. The van der Waals surface area contributed by atoms with Crippen LogP contribution in [0.1, 0.15) is 26.8 Å². The Labute approximate surface area is 139 Å². The van der Waals surface area contributed by atoms with E-state index in [0.29, 0.717) is 11.5 Å². The summed E-state index contributed by atoms with van der Waals surface area (Å²) in [4.78, 5) is 0. The van der Waals surface area contributed by atoms with E-state index in [1.807, 2.05) is 0 Å². The van der Waals surface area contributed by atoms with Crippen LogP contribution in [0.4, 0.5) is 0 Å². The molecule has 0 aliphatic heterocycles. The molecule has 0 heterocycles. The molecule has 21 heavy (non-hydrogen) atoms.